The Kier molecular flexibility index (Phi) is 4.02. The Morgan fingerprint density at radius 2 is 2.28 bits per heavy atom. The van der Waals surface area contributed by atoms with Crippen molar-refractivity contribution in [2.75, 3.05) is 18.4 Å². The van der Waals surface area contributed by atoms with E-state index in [1.165, 1.54) is 0 Å². The van der Waals surface area contributed by atoms with Gasteiger partial charge in [0.05, 0.1) is 24.3 Å². The summed E-state index contributed by atoms with van der Waals surface area (Å²) < 4.78 is 1.86. The molecule has 8 heteroatoms. The van der Waals surface area contributed by atoms with Gasteiger partial charge < -0.3 is 16.4 Å². The first-order chi connectivity index (χ1) is 12.2. The number of primary amides is 1. The van der Waals surface area contributed by atoms with Gasteiger partial charge in [0.2, 0.25) is 5.91 Å². The molecule has 8 nitrogen and oxygen atoms in total. The number of anilines is 1. The van der Waals surface area contributed by atoms with Crippen LogP contribution in [0.5, 0.6) is 0 Å². The van der Waals surface area contributed by atoms with Gasteiger partial charge in [-0.3, -0.25) is 14.2 Å². The average Bonchev–Trinajstić information content (AvgIpc) is 3.06. The van der Waals surface area contributed by atoms with Gasteiger partial charge in [-0.15, -0.1) is 0 Å². The number of imidazole rings is 1. The lowest BCUT2D eigenvalue weighted by atomic mass is 10.1. The van der Waals surface area contributed by atoms with E-state index in [4.69, 9.17) is 5.73 Å². The molecule has 128 valence electrons. The fourth-order valence-corrected chi connectivity index (χ4v) is 3.07. The van der Waals surface area contributed by atoms with Gasteiger partial charge in [-0.05, 0) is 31.5 Å². The lowest BCUT2D eigenvalue weighted by Gasteiger charge is -2.24. The molecule has 1 saturated heterocycles. The Balaban J connectivity index is 1.64. The highest BCUT2D eigenvalue weighted by molar-refractivity contribution is 5.93. The highest BCUT2D eigenvalue weighted by Gasteiger charge is 2.15. The number of pyridine rings is 1. The van der Waals surface area contributed by atoms with Crippen molar-refractivity contribution in [3.8, 4) is 11.4 Å². The number of hydrogen-bond acceptors (Lipinski definition) is 6. The third kappa shape index (κ3) is 3.16. The number of piperidine rings is 1. The summed E-state index contributed by atoms with van der Waals surface area (Å²) in [7, 11) is 0. The summed E-state index contributed by atoms with van der Waals surface area (Å²) in [6.45, 7) is 2.00. The molecule has 0 saturated carbocycles. The van der Waals surface area contributed by atoms with E-state index in [9.17, 15) is 4.79 Å². The smallest absolute Gasteiger partial charge is 0.248 e. The summed E-state index contributed by atoms with van der Waals surface area (Å²) in [6, 6.07) is 3.69. The number of nitrogens with zero attached hydrogens (tertiary/aromatic N) is 4. The number of hydrogen-bond donors (Lipinski definition) is 3. The van der Waals surface area contributed by atoms with Gasteiger partial charge in [0.25, 0.3) is 0 Å². The molecule has 0 spiro atoms. The number of rotatable bonds is 4. The molecule has 1 aliphatic heterocycles. The Morgan fingerprint density at radius 3 is 3.08 bits per heavy atom. The first kappa shape index (κ1) is 15.5. The minimum absolute atomic E-state index is 0.360. The third-order valence-corrected chi connectivity index (χ3v) is 4.34. The molecule has 1 amide bonds. The van der Waals surface area contributed by atoms with E-state index in [2.05, 4.69) is 25.6 Å². The number of amides is 1. The first-order valence-electron chi connectivity index (χ1n) is 8.27. The minimum Gasteiger partial charge on any atom is -0.366 e. The fourth-order valence-electron chi connectivity index (χ4n) is 3.07. The summed E-state index contributed by atoms with van der Waals surface area (Å²) in [5.74, 6) is 0.272. The molecule has 0 bridgehead atoms. The predicted octanol–water partition coefficient (Wildman–Crippen LogP) is 1.05. The predicted molar refractivity (Wildman–Crippen MR) is 94.3 cm³/mol. The molecule has 0 aliphatic carbocycles. The van der Waals surface area contributed by atoms with Crippen LogP contribution in [0.15, 0.2) is 36.9 Å². The summed E-state index contributed by atoms with van der Waals surface area (Å²) >= 11 is 0. The zero-order valence-electron chi connectivity index (χ0n) is 13.6. The minimum atomic E-state index is -0.473. The second kappa shape index (κ2) is 6.48. The number of aromatic nitrogens is 4. The maximum absolute atomic E-state index is 11.3. The van der Waals surface area contributed by atoms with Gasteiger partial charge in [-0.1, -0.05) is 0 Å². The van der Waals surface area contributed by atoms with Crippen LogP contribution in [0.3, 0.4) is 0 Å². The molecule has 0 aromatic carbocycles. The Hall–Kier alpha value is -3.00. The molecule has 1 atom stereocenters. The van der Waals surface area contributed by atoms with E-state index in [0.29, 0.717) is 22.9 Å². The molecule has 0 radical (unpaired) electrons. The molecule has 4 N–H and O–H groups in total. The van der Waals surface area contributed by atoms with Crippen LogP contribution in [0.2, 0.25) is 0 Å². The lowest BCUT2D eigenvalue weighted by Crippen LogP contribution is -2.38. The van der Waals surface area contributed by atoms with Crippen LogP contribution in [0, 0.1) is 0 Å². The van der Waals surface area contributed by atoms with Crippen LogP contribution < -0.4 is 16.4 Å². The van der Waals surface area contributed by atoms with Crippen molar-refractivity contribution in [2.24, 2.45) is 5.73 Å². The van der Waals surface area contributed by atoms with Crippen LogP contribution in [0.4, 0.5) is 5.82 Å². The maximum atomic E-state index is 11.3. The molecule has 3 aromatic heterocycles. The van der Waals surface area contributed by atoms with Gasteiger partial charge in [0.1, 0.15) is 17.2 Å². The Bertz CT molecular complexity index is 914. The second-order valence-electron chi connectivity index (χ2n) is 6.13. The van der Waals surface area contributed by atoms with Crippen molar-refractivity contribution < 1.29 is 4.79 Å². The first-order valence-corrected chi connectivity index (χ1v) is 8.27. The van der Waals surface area contributed by atoms with E-state index in [-0.39, 0.29) is 0 Å². The summed E-state index contributed by atoms with van der Waals surface area (Å²) in [4.78, 5) is 24.6. The second-order valence-corrected chi connectivity index (χ2v) is 6.13. The number of fused-ring (bicyclic) bond motifs is 1. The van der Waals surface area contributed by atoms with E-state index in [1.54, 1.807) is 36.9 Å². The summed E-state index contributed by atoms with van der Waals surface area (Å²) in [5, 5.41) is 6.80. The molecule has 3 aromatic rings. The number of nitrogens with two attached hydrogens (primary N) is 1. The number of nitrogens with one attached hydrogen (secondary N) is 2. The topological polar surface area (TPSA) is 110 Å². The van der Waals surface area contributed by atoms with Crippen molar-refractivity contribution in [1.82, 2.24) is 24.7 Å². The molecule has 1 fully saturated rings. The van der Waals surface area contributed by atoms with E-state index >= 15 is 0 Å². The zero-order valence-corrected chi connectivity index (χ0v) is 13.6. The molecule has 0 unspecified atom stereocenters. The van der Waals surface area contributed by atoms with Crippen LogP contribution in [0.25, 0.3) is 17.0 Å². The van der Waals surface area contributed by atoms with Crippen LogP contribution >= 0.6 is 0 Å². The monoisotopic (exact) mass is 337 g/mol. The largest absolute Gasteiger partial charge is 0.366 e. The van der Waals surface area contributed by atoms with Gasteiger partial charge in [-0.2, -0.15) is 0 Å². The standard InChI is InChI=1S/C17H19N7O/c18-17(25)11-3-5-24-14(9-21-16(24)6-11)13-8-20-10-15(23-13)22-12-2-1-4-19-7-12/h3,5-6,8-10,12,19H,1-2,4,7H2,(H2,18,25)(H,22,23)/t12-/m1/s1. The van der Waals surface area contributed by atoms with E-state index < -0.39 is 5.91 Å². The Morgan fingerprint density at radius 1 is 1.36 bits per heavy atom. The molecular weight excluding hydrogens is 318 g/mol. The van der Waals surface area contributed by atoms with Crippen LogP contribution in [0.1, 0.15) is 23.2 Å². The normalized spacial score (nSPS) is 17.5. The summed E-state index contributed by atoms with van der Waals surface area (Å²) in [5.41, 5.74) is 7.91. The van der Waals surface area contributed by atoms with E-state index in [0.717, 1.165) is 37.4 Å². The third-order valence-electron chi connectivity index (χ3n) is 4.34. The Labute approximate surface area is 144 Å². The van der Waals surface area contributed by atoms with Crippen LogP contribution in [-0.4, -0.2) is 44.4 Å². The number of carbonyl (C=O) groups is 1. The van der Waals surface area contributed by atoms with Crippen molar-refractivity contribution in [3.63, 3.8) is 0 Å². The molecule has 25 heavy (non-hydrogen) atoms. The van der Waals surface area contributed by atoms with Gasteiger partial charge in [0, 0.05) is 24.3 Å². The molecule has 4 heterocycles. The maximum Gasteiger partial charge on any atom is 0.248 e. The van der Waals surface area contributed by atoms with Crippen molar-refractivity contribution in [1.29, 1.82) is 0 Å². The summed E-state index contributed by atoms with van der Waals surface area (Å²) in [6.07, 6.45) is 9.19. The van der Waals surface area contributed by atoms with Gasteiger partial charge >= 0.3 is 0 Å². The molecular formula is C17H19N7O. The van der Waals surface area contributed by atoms with Crippen molar-refractivity contribution >= 4 is 17.4 Å². The fraction of sp³-hybridized carbons (Fsp3) is 0.294. The SMILES string of the molecule is NC(=O)c1ccn2c(-c3cncc(N[C@@H]4CCCNC4)n3)cnc2c1. The highest BCUT2D eigenvalue weighted by Crippen LogP contribution is 2.20. The lowest BCUT2D eigenvalue weighted by molar-refractivity contribution is 0.100. The van der Waals surface area contributed by atoms with Gasteiger partial charge in [-0.25, -0.2) is 9.97 Å². The highest BCUT2D eigenvalue weighted by atomic mass is 16.1. The quantitative estimate of drug-likeness (QED) is 0.656. The van der Waals surface area contributed by atoms with Crippen molar-refractivity contribution in [3.05, 3.63) is 42.5 Å². The van der Waals surface area contributed by atoms with Gasteiger partial charge in [0.15, 0.2) is 0 Å². The van der Waals surface area contributed by atoms with Crippen molar-refractivity contribution in [2.45, 2.75) is 18.9 Å². The molecule has 4 rings (SSSR count). The number of carbonyl (C=O) groups excluding carboxylic acids is 1. The van der Waals surface area contributed by atoms with E-state index in [1.807, 2.05) is 4.40 Å². The van der Waals surface area contributed by atoms with Crippen LogP contribution in [-0.2, 0) is 0 Å². The molecule has 1 aliphatic rings. The zero-order chi connectivity index (χ0) is 17.2. The average molecular weight is 337 g/mol.